The van der Waals surface area contributed by atoms with E-state index in [-0.39, 0.29) is 0 Å². The van der Waals surface area contributed by atoms with Crippen LogP contribution >= 0.6 is 0 Å². The molecule has 0 fully saturated rings. The summed E-state index contributed by atoms with van der Waals surface area (Å²) in [4.78, 5) is 0. The lowest BCUT2D eigenvalue weighted by Crippen LogP contribution is -1.72. The van der Waals surface area contributed by atoms with E-state index in [2.05, 4.69) is 24.3 Å². The Morgan fingerprint density at radius 1 is 0.385 bits per heavy atom. The summed E-state index contributed by atoms with van der Waals surface area (Å²) < 4.78 is 0. The number of rotatable bonds is 0. The van der Waals surface area contributed by atoms with E-state index in [9.17, 15) is 0 Å². The summed E-state index contributed by atoms with van der Waals surface area (Å²) in [6.45, 7) is 0. The Bertz CT molecular complexity index is 592. The maximum absolute atomic E-state index is 3.31. The third-order valence-corrected chi connectivity index (χ3v) is 3.29. The summed E-state index contributed by atoms with van der Waals surface area (Å²) in [5.41, 5.74) is 0. The molecule has 0 aliphatic heterocycles. The Kier molecular flexibility index (Phi) is 15.1. The molecule has 0 aromatic carbocycles. The van der Waals surface area contributed by atoms with E-state index in [0.717, 1.165) is 12.8 Å². The molecule has 0 bridgehead atoms. The van der Waals surface area contributed by atoms with Crippen molar-refractivity contribution in [1.29, 1.82) is 0 Å². The highest BCUT2D eigenvalue weighted by molar-refractivity contribution is 5.22. The Morgan fingerprint density at radius 3 is 1.23 bits per heavy atom. The normalized spacial score (nSPS) is 30.8. The largest absolute Gasteiger partial charge is 0.0845 e. The third kappa shape index (κ3) is 16.0. The molecule has 133 valence electrons. The summed E-state index contributed by atoms with van der Waals surface area (Å²) in [7, 11) is 0. The van der Waals surface area contributed by atoms with Crippen molar-refractivity contribution in [2.24, 2.45) is 0 Å². The molecule has 0 saturated heterocycles. The van der Waals surface area contributed by atoms with Crippen molar-refractivity contribution in [3.8, 4) is 0 Å². The lowest BCUT2D eigenvalue weighted by Gasteiger charge is -1.91. The van der Waals surface area contributed by atoms with Gasteiger partial charge in [0.25, 0.3) is 0 Å². The predicted molar refractivity (Wildman–Crippen MR) is 118 cm³/mol. The first-order chi connectivity index (χ1) is 13.0. The van der Waals surface area contributed by atoms with Gasteiger partial charge in [0.1, 0.15) is 0 Å². The maximum Gasteiger partial charge on any atom is -0.0276 e. The average Bonchev–Trinajstić information content (AvgIpc) is 2.65. The van der Waals surface area contributed by atoms with Crippen molar-refractivity contribution in [2.75, 3.05) is 0 Å². The molecule has 1 aliphatic rings. The molecule has 1 radical (unpaired) electrons. The van der Waals surface area contributed by atoms with Crippen molar-refractivity contribution in [3.63, 3.8) is 0 Å². The highest BCUT2D eigenvalue weighted by atomic mass is 13.9. The molecule has 0 atom stereocenters. The summed E-state index contributed by atoms with van der Waals surface area (Å²) in [6, 6.07) is 0. The van der Waals surface area contributed by atoms with Gasteiger partial charge in [-0.1, -0.05) is 128 Å². The second-order valence-corrected chi connectivity index (χ2v) is 5.51. The average molecular weight is 342 g/mol. The molecule has 0 spiro atoms. The van der Waals surface area contributed by atoms with Crippen LogP contribution in [0.15, 0.2) is 128 Å². The van der Waals surface area contributed by atoms with Gasteiger partial charge in [-0.05, 0) is 31.8 Å². The number of allylic oxidation sites excluding steroid dienone is 22. The molecule has 1 aliphatic carbocycles. The summed E-state index contributed by atoms with van der Waals surface area (Å²) >= 11 is 0. The summed E-state index contributed by atoms with van der Waals surface area (Å²) in [5, 5.41) is 0. The van der Waals surface area contributed by atoms with Crippen molar-refractivity contribution in [3.05, 3.63) is 134 Å². The van der Waals surface area contributed by atoms with Crippen LogP contribution < -0.4 is 0 Å². The van der Waals surface area contributed by atoms with Gasteiger partial charge < -0.3 is 0 Å². The number of hydrogen-bond donors (Lipinski definition) is 0. The van der Waals surface area contributed by atoms with Gasteiger partial charge in [-0.25, -0.2) is 0 Å². The van der Waals surface area contributed by atoms with E-state index >= 15 is 0 Å². The summed E-state index contributed by atoms with van der Waals surface area (Å²) in [5.74, 6) is 0. The van der Waals surface area contributed by atoms with Crippen LogP contribution in [0.25, 0.3) is 0 Å². The first-order valence-corrected chi connectivity index (χ1v) is 9.22. The highest BCUT2D eigenvalue weighted by Gasteiger charge is 1.82. The zero-order chi connectivity index (χ0) is 18.4. The van der Waals surface area contributed by atoms with Gasteiger partial charge in [0.15, 0.2) is 0 Å². The second-order valence-electron chi connectivity index (χ2n) is 5.51. The number of hydrogen-bond acceptors (Lipinski definition) is 0. The topological polar surface area (TPSA) is 0 Å². The fourth-order valence-corrected chi connectivity index (χ4v) is 1.96. The van der Waals surface area contributed by atoms with E-state index in [1.54, 1.807) is 0 Å². The highest BCUT2D eigenvalue weighted by Crippen LogP contribution is 2.01. The van der Waals surface area contributed by atoms with E-state index in [1.807, 2.05) is 109 Å². The van der Waals surface area contributed by atoms with Crippen molar-refractivity contribution < 1.29 is 0 Å². The summed E-state index contributed by atoms with van der Waals surface area (Å²) in [6.07, 6.45) is 50.5. The molecule has 0 aromatic rings. The SMILES string of the molecule is [C]1=C/C=C\C=C/C=C\C=C/C=C\C=C/C=C\C=C/C=C\C=C/CCCC\1. The zero-order valence-corrected chi connectivity index (χ0v) is 15.5. The van der Waals surface area contributed by atoms with E-state index in [4.69, 9.17) is 0 Å². The van der Waals surface area contributed by atoms with Crippen LogP contribution in [0.4, 0.5) is 0 Å². The minimum absolute atomic E-state index is 1.01. The standard InChI is InChI=1S/C26H29/c1-2-4-6-8-10-12-14-16-18-20-22-24-26-25-23-21-19-17-15-13-11-9-7-5-3-1/h1-21H,22,24-26H2/b3-1-,4-2-,7-5-,8-6-,11-9-,12-10-,15-13-,16-14-,19-17-,20-18-,23-21?. The van der Waals surface area contributed by atoms with Crippen LogP contribution in [0.2, 0.25) is 0 Å². The van der Waals surface area contributed by atoms with Crippen LogP contribution in [-0.2, 0) is 0 Å². The zero-order valence-electron chi connectivity index (χ0n) is 15.5. The molecule has 0 heteroatoms. The first kappa shape index (κ1) is 21.2. The Hall–Kier alpha value is -2.86. The molecule has 0 amide bonds. The van der Waals surface area contributed by atoms with Crippen molar-refractivity contribution in [1.82, 2.24) is 0 Å². The van der Waals surface area contributed by atoms with Crippen molar-refractivity contribution in [2.45, 2.75) is 25.7 Å². The van der Waals surface area contributed by atoms with Gasteiger partial charge in [-0.3, -0.25) is 0 Å². The molecule has 0 nitrogen and oxygen atoms in total. The van der Waals surface area contributed by atoms with Gasteiger partial charge >= 0.3 is 0 Å². The Morgan fingerprint density at radius 2 is 0.769 bits per heavy atom. The van der Waals surface area contributed by atoms with Crippen LogP contribution in [0.3, 0.4) is 0 Å². The molecule has 0 unspecified atom stereocenters. The fourth-order valence-electron chi connectivity index (χ4n) is 1.96. The predicted octanol–water partition coefficient (Wildman–Crippen LogP) is 7.48. The van der Waals surface area contributed by atoms with Gasteiger partial charge in [-0.15, -0.1) is 0 Å². The van der Waals surface area contributed by atoms with Gasteiger partial charge in [0.2, 0.25) is 0 Å². The van der Waals surface area contributed by atoms with E-state index in [1.165, 1.54) is 12.8 Å². The quantitative estimate of drug-likeness (QED) is 0.428. The molecular formula is C26H29. The molecule has 0 heterocycles. The van der Waals surface area contributed by atoms with Crippen LogP contribution in [0, 0.1) is 6.08 Å². The minimum atomic E-state index is 1.01. The van der Waals surface area contributed by atoms with Gasteiger partial charge in [0.05, 0.1) is 0 Å². The molecular weight excluding hydrogens is 312 g/mol. The molecule has 26 heavy (non-hydrogen) atoms. The first-order valence-electron chi connectivity index (χ1n) is 9.22. The molecule has 1 rings (SSSR count). The van der Waals surface area contributed by atoms with E-state index < -0.39 is 0 Å². The second kappa shape index (κ2) is 18.5. The minimum Gasteiger partial charge on any atom is -0.0845 e. The van der Waals surface area contributed by atoms with Crippen LogP contribution in [0.5, 0.6) is 0 Å². The molecule has 0 saturated carbocycles. The Balaban J connectivity index is 2.55. The molecule has 0 N–H and O–H groups in total. The maximum atomic E-state index is 3.31. The van der Waals surface area contributed by atoms with Crippen LogP contribution in [0.1, 0.15) is 25.7 Å². The monoisotopic (exact) mass is 341 g/mol. The van der Waals surface area contributed by atoms with E-state index in [0.29, 0.717) is 0 Å². The lowest BCUT2D eigenvalue weighted by molar-refractivity contribution is 0.754. The van der Waals surface area contributed by atoms with Gasteiger partial charge in [-0.2, -0.15) is 0 Å². The Labute approximate surface area is 159 Å². The van der Waals surface area contributed by atoms with Crippen molar-refractivity contribution >= 4 is 0 Å². The van der Waals surface area contributed by atoms with Gasteiger partial charge in [0, 0.05) is 0 Å². The molecule has 0 aromatic heterocycles. The third-order valence-electron chi connectivity index (χ3n) is 3.29. The smallest absolute Gasteiger partial charge is 0.0276 e. The lowest BCUT2D eigenvalue weighted by atomic mass is 10.2. The fraction of sp³-hybridized carbons (Fsp3) is 0.154. The van der Waals surface area contributed by atoms with Crippen LogP contribution in [-0.4, -0.2) is 0 Å².